The first-order valence-corrected chi connectivity index (χ1v) is 7.37. The molecule has 16 heavy (non-hydrogen) atoms. The van der Waals surface area contributed by atoms with E-state index in [9.17, 15) is 4.79 Å². The van der Waals surface area contributed by atoms with E-state index in [1.807, 2.05) is 25.1 Å². The first-order chi connectivity index (χ1) is 7.63. The van der Waals surface area contributed by atoms with Gasteiger partial charge in [0.05, 0.1) is 5.69 Å². The summed E-state index contributed by atoms with van der Waals surface area (Å²) in [4.78, 5) is 11.6. The molecule has 1 N–H and O–H groups in total. The predicted octanol–water partition coefficient (Wildman–Crippen LogP) is 3.84. The molecule has 4 heteroatoms. The number of carbonyl (C=O) groups excluding carboxylic acids is 1. The van der Waals surface area contributed by atoms with Crippen molar-refractivity contribution in [3.63, 3.8) is 0 Å². The summed E-state index contributed by atoms with van der Waals surface area (Å²) in [6, 6.07) is 5.91. The van der Waals surface area contributed by atoms with Crippen molar-refractivity contribution in [2.45, 2.75) is 19.8 Å². The van der Waals surface area contributed by atoms with Crippen molar-refractivity contribution in [3.05, 3.63) is 28.2 Å². The Kier molecular flexibility index (Phi) is 5.91. The van der Waals surface area contributed by atoms with Crippen LogP contribution in [0.3, 0.4) is 0 Å². The number of benzene rings is 1. The van der Waals surface area contributed by atoms with Crippen LogP contribution >= 0.6 is 27.7 Å². The largest absolute Gasteiger partial charge is 0.325 e. The molecule has 0 aromatic heterocycles. The van der Waals surface area contributed by atoms with Gasteiger partial charge in [0.25, 0.3) is 0 Å². The highest BCUT2D eigenvalue weighted by Gasteiger charge is 2.05. The van der Waals surface area contributed by atoms with Crippen molar-refractivity contribution in [1.29, 1.82) is 0 Å². The van der Waals surface area contributed by atoms with E-state index in [-0.39, 0.29) is 5.91 Å². The first-order valence-electron chi connectivity index (χ1n) is 5.18. The maximum absolute atomic E-state index is 11.6. The zero-order valence-electron chi connectivity index (χ0n) is 9.55. The maximum atomic E-state index is 11.6. The molecular formula is C12H16BrNOS. The third-order valence-electron chi connectivity index (χ3n) is 2.15. The minimum atomic E-state index is 0.0820. The number of rotatable bonds is 5. The van der Waals surface area contributed by atoms with Crippen molar-refractivity contribution < 1.29 is 4.79 Å². The van der Waals surface area contributed by atoms with Crippen LogP contribution in [0.4, 0.5) is 5.69 Å². The molecule has 0 aliphatic rings. The van der Waals surface area contributed by atoms with Crippen LogP contribution < -0.4 is 5.32 Å². The van der Waals surface area contributed by atoms with Crippen molar-refractivity contribution in [1.82, 2.24) is 0 Å². The topological polar surface area (TPSA) is 29.1 Å². The van der Waals surface area contributed by atoms with Gasteiger partial charge in [0.15, 0.2) is 0 Å². The van der Waals surface area contributed by atoms with Gasteiger partial charge >= 0.3 is 0 Å². The van der Waals surface area contributed by atoms with Crippen molar-refractivity contribution in [3.8, 4) is 0 Å². The summed E-state index contributed by atoms with van der Waals surface area (Å²) >= 11 is 5.20. The quantitative estimate of drug-likeness (QED) is 0.837. The van der Waals surface area contributed by atoms with Gasteiger partial charge in [0.1, 0.15) is 0 Å². The van der Waals surface area contributed by atoms with Crippen LogP contribution in [0.2, 0.25) is 0 Å². The Bertz CT molecular complexity index is 368. The molecule has 0 fully saturated rings. The van der Waals surface area contributed by atoms with E-state index in [1.54, 1.807) is 11.8 Å². The zero-order chi connectivity index (χ0) is 12.0. The normalized spacial score (nSPS) is 10.2. The molecule has 0 aliphatic heterocycles. The second-order valence-electron chi connectivity index (χ2n) is 3.63. The van der Waals surface area contributed by atoms with Crippen molar-refractivity contribution in [2.75, 3.05) is 17.3 Å². The fourth-order valence-corrected chi connectivity index (χ4v) is 2.34. The van der Waals surface area contributed by atoms with Crippen LogP contribution in [-0.2, 0) is 4.79 Å². The minimum absolute atomic E-state index is 0.0820. The van der Waals surface area contributed by atoms with E-state index < -0.39 is 0 Å². The van der Waals surface area contributed by atoms with E-state index in [2.05, 4.69) is 27.5 Å². The van der Waals surface area contributed by atoms with Crippen LogP contribution in [-0.4, -0.2) is 17.9 Å². The molecule has 0 unspecified atom stereocenters. The second kappa shape index (κ2) is 6.97. The van der Waals surface area contributed by atoms with E-state index >= 15 is 0 Å². The Morgan fingerprint density at radius 3 is 2.88 bits per heavy atom. The molecule has 0 heterocycles. The standard InChI is InChI=1S/C12H16BrNOS/c1-9-5-6-11(10(13)8-9)14-12(15)4-3-7-16-2/h5-6,8H,3-4,7H2,1-2H3,(H,14,15). The summed E-state index contributed by atoms with van der Waals surface area (Å²) in [5.41, 5.74) is 2.02. The molecule has 88 valence electrons. The van der Waals surface area contributed by atoms with Crippen LogP contribution in [0.5, 0.6) is 0 Å². The summed E-state index contributed by atoms with van der Waals surface area (Å²) in [5, 5.41) is 2.90. The Morgan fingerprint density at radius 2 is 2.25 bits per heavy atom. The zero-order valence-corrected chi connectivity index (χ0v) is 12.0. The summed E-state index contributed by atoms with van der Waals surface area (Å²) in [5.74, 6) is 1.11. The molecule has 2 nitrogen and oxygen atoms in total. The number of carbonyl (C=O) groups is 1. The molecule has 0 saturated carbocycles. The van der Waals surface area contributed by atoms with Crippen LogP contribution in [0, 0.1) is 6.92 Å². The number of hydrogen-bond donors (Lipinski definition) is 1. The number of halogens is 1. The van der Waals surface area contributed by atoms with E-state index in [0.29, 0.717) is 6.42 Å². The second-order valence-corrected chi connectivity index (χ2v) is 5.47. The molecule has 0 aliphatic carbocycles. The molecule has 0 bridgehead atoms. The first kappa shape index (κ1) is 13.6. The molecule has 1 aromatic rings. The third-order valence-corrected chi connectivity index (χ3v) is 3.50. The van der Waals surface area contributed by atoms with Gasteiger partial charge < -0.3 is 5.32 Å². The fraction of sp³-hybridized carbons (Fsp3) is 0.417. The Balaban J connectivity index is 2.49. The van der Waals surface area contributed by atoms with Gasteiger partial charge in [0.2, 0.25) is 5.91 Å². The van der Waals surface area contributed by atoms with Crippen molar-refractivity contribution in [2.24, 2.45) is 0 Å². The summed E-state index contributed by atoms with van der Waals surface area (Å²) in [7, 11) is 0. The molecular weight excluding hydrogens is 286 g/mol. The average Bonchev–Trinajstić information content (AvgIpc) is 2.23. The lowest BCUT2D eigenvalue weighted by Crippen LogP contribution is -2.11. The molecule has 0 spiro atoms. The van der Waals surface area contributed by atoms with Gasteiger partial charge in [-0.05, 0) is 59.0 Å². The Labute approximate surface area is 109 Å². The van der Waals surface area contributed by atoms with Crippen molar-refractivity contribution >= 4 is 39.3 Å². The summed E-state index contributed by atoms with van der Waals surface area (Å²) in [6.45, 7) is 2.02. The molecule has 1 rings (SSSR count). The summed E-state index contributed by atoms with van der Waals surface area (Å²) < 4.78 is 0.936. The lowest BCUT2D eigenvalue weighted by molar-refractivity contribution is -0.116. The van der Waals surface area contributed by atoms with Gasteiger partial charge in [-0.3, -0.25) is 4.79 Å². The highest BCUT2D eigenvalue weighted by atomic mass is 79.9. The number of thioether (sulfide) groups is 1. The molecule has 1 amide bonds. The van der Waals surface area contributed by atoms with Crippen LogP contribution in [0.15, 0.2) is 22.7 Å². The molecule has 0 saturated heterocycles. The van der Waals surface area contributed by atoms with Gasteiger partial charge in [-0.15, -0.1) is 0 Å². The highest BCUT2D eigenvalue weighted by molar-refractivity contribution is 9.10. The number of nitrogens with one attached hydrogen (secondary N) is 1. The minimum Gasteiger partial charge on any atom is -0.325 e. The lowest BCUT2D eigenvalue weighted by atomic mass is 10.2. The SMILES string of the molecule is CSCCCC(=O)Nc1ccc(C)cc1Br. The van der Waals surface area contributed by atoms with E-state index in [0.717, 1.165) is 22.3 Å². The van der Waals surface area contributed by atoms with Crippen LogP contribution in [0.25, 0.3) is 0 Å². The average molecular weight is 302 g/mol. The lowest BCUT2D eigenvalue weighted by Gasteiger charge is -2.07. The third kappa shape index (κ3) is 4.58. The number of anilines is 1. The number of amides is 1. The monoisotopic (exact) mass is 301 g/mol. The van der Waals surface area contributed by atoms with E-state index in [4.69, 9.17) is 0 Å². The molecule has 0 radical (unpaired) electrons. The van der Waals surface area contributed by atoms with Crippen LogP contribution in [0.1, 0.15) is 18.4 Å². The maximum Gasteiger partial charge on any atom is 0.224 e. The molecule has 0 atom stereocenters. The van der Waals surface area contributed by atoms with Gasteiger partial charge in [-0.25, -0.2) is 0 Å². The van der Waals surface area contributed by atoms with Gasteiger partial charge in [-0.2, -0.15) is 11.8 Å². The number of hydrogen-bond acceptors (Lipinski definition) is 2. The Morgan fingerprint density at radius 1 is 1.50 bits per heavy atom. The highest BCUT2D eigenvalue weighted by Crippen LogP contribution is 2.23. The fourth-order valence-electron chi connectivity index (χ4n) is 1.31. The van der Waals surface area contributed by atoms with Gasteiger partial charge in [0, 0.05) is 10.9 Å². The predicted molar refractivity (Wildman–Crippen MR) is 75.1 cm³/mol. The summed E-state index contributed by atoms with van der Waals surface area (Å²) in [6.07, 6.45) is 3.56. The Hall–Kier alpha value is -0.480. The number of aryl methyl sites for hydroxylation is 1. The molecule has 1 aromatic carbocycles. The van der Waals surface area contributed by atoms with E-state index in [1.165, 1.54) is 5.56 Å². The van der Waals surface area contributed by atoms with Gasteiger partial charge in [-0.1, -0.05) is 6.07 Å². The smallest absolute Gasteiger partial charge is 0.224 e.